The van der Waals surface area contributed by atoms with Crippen molar-refractivity contribution in [2.75, 3.05) is 20.8 Å². The van der Waals surface area contributed by atoms with Crippen molar-refractivity contribution in [1.29, 1.82) is 5.26 Å². The number of hydrogen-bond acceptors (Lipinski definition) is 7. The monoisotopic (exact) mass is 986 g/mol. The summed E-state index contributed by atoms with van der Waals surface area (Å²) < 4.78 is 17.3. The average Bonchev–Trinajstić information content (AvgIpc) is 3.97. The van der Waals surface area contributed by atoms with Crippen molar-refractivity contribution >= 4 is 0 Å². The Morgan fingerprint density at radius 3 is 1.15 bits per heavy atom. The van der Waals surface area contributed by atoms with Crippen molar-refractivity contribution in [3.63, 3.8) is 0 Å². The van der Waals surface area contributed by atoms with Crippen LogP contribution in [-0.2, 0) is 14.2 Å². The van der Waals surface area contributed by atoms with Crippen molar-refractivity contribution in [2.24, 2.45) is 121 Å². The highest BCUT2D eigenvalue weighted by atomic mass is 16.5. The molecule has 0 aliphatic heterocycles. The topological polar surface area (TPSA) is 112 Å². The van der Waals surface area contributed by atoms with Crippen molar-refractivity contribution in [1.82, 2.24) is 0 Å². The maximum absolute atomic E-state index is 10.6. The highest BCUT2D eigenvalue weighted by molar-refractivity contribution is 5.15. The third kappa shape index (κ3) is 8.56. The Morgan fingerprint density at radius 1 is 0.437 bits per heavy atom. The average molecular weight is 987 g/mol. The van der Waals surface area contributed by atoms with Gasteiger partial charge in [0.05, 0.1) is 48.6 Å². The van der Waals surface area contributed by atoms with Gasteiger partial charge in [-0.1, -0.05) is 55.4 Å². The summed E-state index contributed by atoms with van der Waals surface area (Å²) in [4.78, 5) is 0. The second-order valence-corrected chi connectivity index (χ2v) is 29.9. The summed E-state index contributed by atoms with van der Waals surface area (Å²) in [5, 5.41) is 41.0. The van der Waals surface area contributed by atoms with Crippen LogP contribution in [0.5, 0.6) is 0 Å². The van der Waals surface area contributed by atoms with Crippen LogP contribution in [0, 0.1) is 133 Å². The van der Waals surface area contributed by atoms with Crippen molar-refractivity contribution in [3.8, 4) is 6.07 Å². The molecule has 0 aromatic rings. The molecule has 0 saturated heterocycles. The van der Waals surface area contributed by atoms with Crippen molar-refractivity contribution in [3.05, 3.63) is 0 Å². The van der Waals surface area contributed by atoms with E-state index in [2.05, 4.69) is 68.4 Å². The van der Waals surface area contributed by atoms with Crippen LogP contribution >= 0.6 is 0 Å². The second kappa shape index (κ2) is 19.9. The lowest BCUT2D eigenvalue weighted by Crippen LogP contribution is -2.57. The standard InChI is InChI=1S/C22H38O2.C21H33NO2.C21H36O2/c1-5-24-20-13-22(4)15(12-19(20)23)7-8-16-17-9-6-14(2)21(17,3)11-10-18(16)22;1-20-9-8-17-15(16(20)7-5-14(20)12-22)6-4-13-10-18(23)19(24-3)11-21(13,17)2;1-13-5-8-16-15-7-6-14-11-18(22)19(23-4)12-21(14,3)17(15)9-10-20(13,16)2/h14-20,23H,5-13H2,1-4H3;13-19,23H,4-11H2,1-3H3;13-19,22H,5-12H2,1-4H3/t14-,15+,16+,17+,18+,19+,20+,21-,22+;13-,14+,15-,16-,17-,18-,19+,20+,21-;13-,14-,15-,16-,17-,18-,19-,20+,21-/m100/s1. The Balaban J connectivity index is 0.000000123. The molecule has 12 rings (SSSR count). The molecule has 0 amide bonds. The van der Waals surface area contributed by atoms with E-state index in [-0.39, 0.29) is 48.0 Å². The lowest BCUT2D eigenvalue weighted by Gasteiger charge is -2.61. The van der Waals surface area contributed by atoms with E-state index in [4.69, 9.17) is 14.2 Å². The quantitative estimate of drug-likeness (QED) is 0.257. The summed E-state index contributed by atoms with van der Waals surface area (Å²) in [5.74, 6) is 12.0. The SMILES string of the molecule is CCO[C@H]1C[C@@]2(C)[C@@H](CC[C@@H]3[C@@H]2CC[C@]2(C)[C@H](C)CC[C@@H]32)C[C@@H]1O.CO[C@@H]1C[C@@]2(C)[C@@H](CC[C@@H]3[C@@H]2CC[C@]2(C)[C@@H](C#N)CC[C@@H]32)C[C@@H]1O.CO[C@H]1C[C@@]2(C)[C@@H](CC[C@@H]3[C@@H]2CC[C@]2(C)[C@@H](C)CC[C@@H]32)C[C@@H]1O. The van der Waals surface area contributed by atoms with E-state index in [1.807, 2.05) is 0 Å². The fourth-order valence-electron chi connectivity index (χ4n) is 23.4. The molecule has 12 aliphatic carbocycles. The Morgan fingerprint density at radius 2 is 0.775 bits per heavy atom. The van der Waals surface area contributed by atoms with Gasteiger partial charge in [0.2, 0.25) is 0 Å². The van der Waals surface area contributed by atoms with Gasteiger partial charge in [0.15, 0.2) is 0 Å². The molecule has 404 valence electrons. The van der Waals surface area contributed by atoms with Crippen LogP contribution in [-0.4, -0.2) is 72.8 Å². The molecule has 12 aliphatic rings. The molecule has 0 bridgehead atoms. The molecule has 7 heteroatoms. The highest BCUT2D eigenvalue weighted by Crippen LogP contribution is 2.71. The van der Waals surface area contributed by atoms with E-state index >= 15 is 0 Å². The molecule has 0 heterocycles. The van der Waals surface area contributed by atoms with Gasteiger partial charge in [-0.05, 0) is 276 Å². The first kappa shape index (κ1) is 53.6. The summed E-state index contributed by atoms with van der Waals surface area (Å²) >= 11 is 0. The van der Waals surface area contributed by atoms with E-state index < -0.39 is 0 Å². The number of aliphatic hydroxyl groups is 3. The molecular formula is C64H107NO6. The Bertz CT molecular complexity index is 1900. The number of nitrogens with zero attached hydrogens (tertiary/aromatic N) is 1. The predicted octanol–water partition coefficient (Wildman–Crippen LogP) is 13.8. The fourth-order valence-corrected chi connectivity index (χ4v) is 23.4. The minimum absolute atomic E-state index is 0.00810. The molecule has 71 heavy (non-hydrogen) atoms. The van der Waals surface area contributed by atoms with E-state index in [9.17, 15) is 20.6 Å². The van der Waals surface area contributed by atoms with Gasteiger partial charge >= 0.3 is 0 Å². The van der Waals surface area contributed by atoms with Gasteiger partial charge in [-0.3, -0.25) is 0 Å². The van der Waals surface area contributed by atoms with Crippen LogP contribution < -0.4 is 0 Å². The van der Waals surface area contributed by atoms with Crippen molar-refractivity contribution < 1.29 is 29.5 Å². The number of hydrogen-bond donors (Lipinski definition) is 3. The zero-order chi connectivity index (χ0) is 50.6. The molecule has 3 N–H and O–H groups in total. The largest absolute Gasteiger partial charge is 0.390 e. The van der Waals surface area contributed by atoms with E-state index in [1.165, 1.54) is 109 Å². The first-order chi connectivity index (χ1) is 33.7. The molecule has 12 saturated carbocycles. The molecular weight excluding hydrogens is 879 g/mol. The number of aliphatic hydroxyl groups excluding tert-OH is 3. The number of nitriles is 1. The van der Waals surface area contributed by atoms with Gasteiger partial charge in [0.25, 0.3) is 0 Å². The van der Waals surface area contributed by atoms with E-state index in [0.29, 0.717) is 44.8 Å². The molecule has 7 nitrogen and oxygen atoms in total. The summed E-state index contributed by atoms with van der Waals surface area (Å²) in [7, 11) is 3.54. The summed E-state index contributed by atoms with van der Waals surface area (Å²) in [6.45, 7) is 23.0. The smallest absolute Gasteiger partial charge is 0.0839 e. The molecule has 0 radical (unpaired) electrons. The number of rotatable bonds is 4. The van der Waals surface area contributed by atoms with Gasteiger partial charge in [0.1, 0.15) is 0 Å². The third-order valence-corrected chi connectivity index (χ3v) is 28.1. The highest BCUT2D eigenvalue weighted by Gasteiger charge is 2.64. The van der Waals surface area contributed by atoms with Crippen molar-refractivity contribution in [2.45, 2.75) is 253 Å². The Kier molecular flexibility index (Phi) is 15.1. The van der Waals surface area contributed by atoms with Crippen LogP contribution in [0.25, 0.3) is 0 Å². The number of ether oxygens (including phenoxy) is 3. The summed E-state index contributed by atoms with van der Waals surface area (Å²) in [6.07, 6.45) is 29.9. The van der Waals surface area contributed by atoms with E-state index in [1.54, 1.807) is 14.2 Å². The van der Waals surface area contributed by atoms with Crippen LogP contribution in [0.4, 0.5) is 0 Å². The minimum Gasteiger partial charge on any atom is -0.390 e. The van der Waals surface area contributed by atoms with Gasteiger partial charge in [0, 0.05) is 20.8 Å². The fraction of sp³-hybridized carbons (Fsp3) is 0.984. The molecule has 12 fully saturated rings. The zero-order valence-electron chi connectivity index (χ0n) is 47.3. The minimum atomic E-state index is -0.284. The van der Waals surface area contributed by atoms with Crippen LogP contribution in [0.15, 0.2) is 0 Å². The van der Waals surface area contributed by atoms with Crippen LogP contribution in [0.2, 0.25) is 0 Å². The van der Waals surface area contributed by atoms with Crippen LogP contribution in [0.3, 0.4) is 0 Å². The van der Waals surface area contributed by atoms with Gasteiger partial charge in [-0.25, -0.2) is 0 Å². The first-order valence-corrected chi connectivity index (χ1v) is 30.8. The van der Waals surface area contributed by atoms with E-state index in [0.717, 1.165) is 117 Å². The van der Waals surface area contributed by atoms with Gasteiger partial charge in [-0.15, -0.1) is 0 Å². The van der Waals surface area contributed by atoms with Gasteiger partial charge < -0.3 is 29.5 Å². The maximum Gasteiger partial charge on any atom is 0.0839 e. The summed E-state index contributed by atoms with van der Waals surface area (Å²) in [6, 6.07) is 2.63. The molecule has 0 aromatic carbocycles. The third-order valence-electron chi connectivity index (χ3n) is 28.1. The first-order valence-electron chi connectivity index (χ1n) is 30.8. The lowest BCUT2D eigenvalue weighted by atomic mass is 9.44. The van der Waals surface area contributed by atoms with Gasteiger partial charge in [-0.2, -0.15) is 5.26 Å². The normalized spacial score (nSPS) is 57.6. The lowest BCUT2D eigenvalue weighted by molar-refractivity contribution is -0.170. The maximum atomic E-state index is 10.6. The molecule has 0 spiro atoms. The molecule has 0 aromatic heterocycles. The zero-order valence-corrected chi connectivity index (χ0v) is 47.3. The molecule has 0 unspecified atom stereocenters. The Labute approximate surface area is 434 Å². The summed E-state index contributed by atoms with van der Waals surface area (Å²) in [5.41, 5.74) is 2.59. The number of methoxy groups -OCH3 is 2. The molecule has 27 atom stereocenters. The number of fused-ring (bicyclic) bond motifs is 15. The predicted molar refractivity (Wildman–Crippen MR) is 284 cm³/mol. The van der Waals surface area contributed by atoms with Crippen LogP contribution in [0.1, 0.15) is 216 Å². The Hall–Kier alpha value is -0.750. The second-order valence-electron chi connectivity index (χ2n) is 29.9.